The monoisotopic (exact) mass is 181 g/mol. The molecule has 0 aromatic heterocycles. The van der Waals surface area contributed by atoms with E-state index in [-0.39, 0.29) is 0 Å². The molecule has 0 aromatic rings. The normalized spacial score (nSPS) is 37.5. The predicted octanol–water partition coefficient (Wildman–Crippen LogP) is 2.21. The van der Waals surface area contributed by atoms with Crippen LogP contribution in [0.4, 0.5) is 0 Å². The lowest BCUT2D eigenvalue weighted by Crippen LogP contribution is -2.47. The van der Waals surface area contributed by atoms with E-state index in [2.05, 4.69) is 6.92 Å². The van der Waals surface area contributed by atoms with Gasteiger partial charge in [-0.1, -0.05) is 13.3 Å². The van der Waals surface area contributed by atoms with Crippen molar-refractivity contribution in [1.29, 1.82) is 5.41 Å². The van der Waals surface area contributed by atoms with Gasteiger partial charge in [0.2, 0.25) is 0 Å². The van der Waals surface area contributed by atoms with Crippen LogP contribution >= 0.6 is 0 Å². The Morgan fingerprint density at radius 3 is 2.69 bits per heavy atom. The maximum Gasteiger partial charge on any atom is 0.0467 e. The van der Waals surface area contributed by atoms with Gasteiger partial charge in [0, 0.05) is 12.3 Å². The smallest absolute Gasteiger partial charge is 0.0467 e. The van der Waals surface area contributed by atoms with Gasteiger partial charge < -0.3 is 10.5 Å². The van der Waals surface area contributed by atoms with E-state index < -0.39 is 0 Å². The summed E-state index contributed by atoms with van der Waals surface area (Å²) in [7, 11) is 0. The Balaban J connectivity index is 2.17. The molecular formula is C11H19NO. The lowest BCUT2D eigenvalue weighted by Gasteiger charge is -2.53. The molecule has 0 saturated heterocycles. The molecule has 0 aliphatic heterocycles. The van der Waals surface area contributed by atoms with Crippen LogP contribution in [0.1, 0.15) is 39.0 Å². The molecule has 2 atom stereocenters. The average Bonchev–Trinajstić information content (AvgIpc) is 2.00. The molecule has 0 amide bonds. The molecule has 74 valence electrons. The fourth-order valence-electron chi connectivity index (χ4n) is 3.31. The van der Waals surface area contributed by atoms with E-state index in [1.807, 2.05) is 0 Å². The highest BCUT2D eigenvalue weighted by Gasteiger charge is 2.48. The van der Waals surface area contributed by atoms with Gasteiger partial charge in [0.25, 0.3) is 0 Å². The number of hydrogen-bond donors (Lipinski definition) is 2. The zero-order valence-electron chi connectivity index (χ0n) is 8.34. The molecule has 0 aromatic carbocycles. The Hall–Kier alpha value is -0.370. The fraction of sp³-hybridized carbons (Fsp3) is 0.909. The van der Waals surface area contributed by atoms with E-state index in [0.29, 0.717) is 23.9 Å². The summed E-state index contributed by atoms with van der Waals surface area (Å²) in [5.41, 5.74) is 1.25. The van der Waals surface area contributed by atoms with Crippen molar-refractivity contribution >= 4 is 5.71 Å². The molecule has 2 heteroatoms. The minimum Gasteiger partial charge on any atom is -0.396 e. The minimum atomic E-state index is 0.328. The summed E-state index contributed by atoms with van der Waals surface area (Å²) >= 11 is 0. The molecule has 0 radical (unpaired) electrons. The van der Waals surface area contributed by atoms with Gasteiger partial charge in [-0.05, 0) is 42.9 Å². The van der Waals surface area contributed by atoms with Crippen molar-refractivity contribution in [3.8, 4) is 0 Å². The molecule has 1 spiro atoms. The van der Waals surface area contributed by atoms with Crippen LogP contribution in [0.2, 0.25) is 0 Å². The summed E-state index contributed by atoms with van der Waals surface area (Å²) in [5.74, 6) is 0.988. The highest BCUT2D eigenvalue weighted by atomic mass is 16.3. The van der Waals surface area contributed by atoms with Crippen LogP contribution in [-0.4, -0.2) is 17.4 Å². The first-order valence-electron chi connectivity index (χ1n) is 5.35. The summed E-state index contributed by atoms with van der Waals surface area (Å²) < 4.78 is 0. The molecule has 2 saturated carbocycles. The summed E-state index contributed by atoms with van der Waals surface area (Å²) in [6.45, 7) is 2.52. The SMILES string of the molecule is CC1CC(=N)CC2(CCC2)C1CO. The van der Waals surface area contributed by atoms with Crippen molar-refractivity contribution in [2.75, 3.05) is 6.61 Å². The van der Waals surface area contributed by atoms with Gasteiger partial charge >= 0.3 is 0 Å². The van der Waals surface area contributed by atoms with E-state index in [1.165, 1.54) is 19.3 Å². The fourth-order valence-corrected chi connectivity index (χ4v) is 3.31. The van der Waals surface area contributed by atoms with Crippen molar-refractivity contribution in [1.82, 2.24) is 0 Å². The van der Waals surface area contributed by atoms with E-state index in [9.17, 15) is 5.11 Å². The highest BCUT2D eigenvalue weighted by Crippen LogP contribution is 2.55. The molecule has 2 fully saturated rings. The third kappa shape index (κ3) is 1.32. The van der Waals surface area contributed by atoms with Crippen LogP contribution in [0.15, 0.2) is 0 Å². The van der Waals surface area contributed by atoms with Gasteiger partial charge in [-0.3, -0.25) is 0 Å². The van der Waals surface area contributed by atoms with Gasteiger partial charge in [-0.15, -0.1) is 0 Å². The average molecular weight is 181 g/mol. The summed E-state index contributed by atoms with van der Waals surface area (Å²) in [6.07, 6.45) is 5.65. The molecule has 2 aliphatic rings. The molecule has 13 heavy (non-hydrogen) atoms. The second kappa shape index (κ2) is 3.09. The topological polar surface area (TPSA) is 44.1 Å². The summed E-state index contributed by atoms with van der Waals surface area (Å²) in [5, 5.41) is 17.2. The molecule has 2 unspecified atom stereocenters. The van der Waals surface area contributed by atoms with Crippen molar-refractivity contribution in [2.45, 2.75) is 39.0 Å². The Labute approximate surface area is 79.9 Å². The second-order valence-corrected chi connectivity index (χ2v) is 4.97. The van der Waals surface area contributed by atoms with E-state index in [0.717, 1.165) is 18.6 Å². The van der Waals surface area contributed by atoms with E-state index in [4.69, 9.17) is 5.41 Å². The lowest BCUT2D eigenvalue weighted by molar-refractivity contribution is -0.0210. The molecule has 2 nitrogen and oxygen atoms in total. The van der Waals surface area contributed by atoms with Crippen LogP contribution in [0, 0.1) is 22.7 Å². The van der Waals surface area contributed by atoms with Crippen molar-refractivity contribution in [2.24, 2.45) is 17.3 Å². The molecule has 0 heterocycles. The predicted molar refractivity (Wildman–Crippen MR) is 53.0 cm³/mol. The number of nitrogens with one attached hydrogen (secondary N) is 1. The van der Waals surface area contributed by atoms with Crippen molar-refractivity contribution < 1.29 is 5.11 Å². The standard InChI is InChI=1S/C11H19NO/c1-8-5-9(12)6-11(3-2-4-11)10(8)7-13/h8,10,12-13H,2-7H2,1H3. The second-order valence-electron chi connectivity index (χ2n) is 4.97. The van der Waals surface area contributed by atoms with E-state index >= 15 is 0 Å². The zero-order chi connectivity index (χ0) is 9.47. The van der Waals surface area contributed by atoms with Gasteiger partial charge in [0.15, 0.2) is 0 Å². The van der Waals surface area contributed by atoms with Crippen LogP contribution in [0.25, 0.3) is 0 Å². The van der Waals surface area contributed by atoms with Crippen LogP contribution in [0.5, 0.6) is 0 Å². The quantitative estimate of drug-likeness (QED) is 0.640. The lowest BCUT2D eigenvalue weighted by atomic mass is 9.52. The first-order valence-corrected chi connectivity index (χ1v) is 5.35. The number of rotatable bonds is 1. The van der Waals surface area contributed by atoms with Gasteiger partial charge in [0.05, 0.1) is 0 Å². The van der Waals surface area contributed by atoms with Crippen molar-refractivity contribution in [3.05, 3.63) is 0 Å². The largest absolute Gasteiger partial charge is 0.396 e. The van der Waals surface area contributed by atoms with Gasteiger partial charge in [-0.25, -0.2) is 0 Å². The summed E-state index contributed by atoms with van der Waals surface area (Å²) in [4.78, 5) is 0. The van der Waals surface area contributed by atoms with Gasteiger partial charge in [-0.2, -0.15) is 0 Å². The first-order chi connectivity index (χ1) is 6.18. The molecule has 2 aliphatic carbocycles. The van der Waals surface area contributed by atoms with E-state index in [1.54, 1.807) is 0 Å². The van der Waals surface area contributed by atoms with Crippen LogP contribution in [0.3, 0.4) is 0 Å². The molecule has 2 rings (SSSR count). The third-order valence-electron chi connectivity index (χ3n) is 4.15. The summed E-state index contributed by atoms with van der Waals surface area (Å²) in [6, 6.07) is 0. The molecular weight excluding hydrogens is 162 g/mol. The number of aliphatic hydroxyl groups is 1. The zero-order valence-corrected chi connectivity index (χ0v) is 8.34. The first kappa shape index (κ1) is 9.20. The van der Waals surface area contributed by atoms with Crippen LogP contribution in [-0.2, 0) is 0 Å². The maximum atomic E-state index is 9.38. The number of aliphatic hydroxyl groups excluding tert-OH is 1. The third-order valence-corrected chi connectivity index (χ3v) is 4.15. The maximum absolute atomic E-state index is 9.38. The molecule has 2 N–H and O–H groups in total. The highest BCUT2D eigenvalue weighted by molar-refractivity contribution is 5.83. The number of hydrogen-bond acceptors (Lipinski definition) is 2. The van der Waals surface area contributed by atoms with Gasteiger partial charge in [0.1, 0.15) is 0 Å². The Kier molecular flexibility index (Phi) is 2.18. The Morgan fingerprint density at radius 1 is 1.54 bits per heavy atom. The minimum absolute atomic E-state index is 0.328. The molecule has 0 bridgehead atoms. The van der Waals surface area contributed by atoms with Crippen LogP contribution < -0.4 is 0 Å². The van der Waals surface area contributed by atoms with Crippen molar-refractivity contribution in [3.63, 3.8) is 0 Å². The Morgan fingerprint density at radius 2 is 2.23 bits per heavy atom. The Bertz CT molecular complexity index is 220.